The second-order valence-electron chi connectivity index (χ2n) is 6.87. The number of ether oxygens (including phenoxy) is 1. The van der Waals surface area contributed by atoms with Crippen molar-refractivity contribution in [2.75, 3.05) is 18.4 Å². The molecule has 0 radical (unpaired) electrons. The highest BCUT2D eigenvalue weighted by atomic mass is 16.5. The van der Waals surface area contributed by atoms with Crippen LogP contribution in [-0.2, 0) is 4.74 Å². The third-order valence-electron chi connectivity index (χ3n) is 4.36. The Kier molecular flexibility index (Phi) is 4.76. The van der Waals surface area contributed by atoms with Crippen molar-refractivity contribution in [2.45, 2.75) is 51.9 Å². The van der Waals surface area contributed by atoms with Crippen LogP contribution in [0.4, 0.5) is 10.5 Å². The van der Waals surface area contributed by atoms with Crippen LogP contribution in [0.15, 0.2) is 18.2 Å². The molecule has 1 aliphatic heterocycles. The molecule has 2 fully saturated rings. The van der Waals surface area contributed by atoms with Crippen molar-refractivity contribution in [1.82, 2.24) is 10.2 Å². The number of urea groups is 1. The van der Waals surface area contributed by atoms with E-state index in [1.165, 1.54) is 0 Å². The number of carbonyl (C=O) groups excluding carboxylic acids is 2. The fourth-order valence-corrected chi connectivity index (χ4v) is 2.93. The van der Waals surface area contributed by atoms with Gasteiger partial charge in [-0.3, -0.25) is 4.79 Å². The Morgan fingerprint density at radius 2 is 1.83 bits per heavy atom. The van der Waals surface area contributed by atoms with E-state index in [1.807, 2.05) is 26.8 Å². The van der Waals surface area contributed by atoms with Gasteiger partial charge in [-0.2, -0.15) is 0 Å². The smallest absolute Gasteiger partial charge is 0.322 e. The van der Waals surface area contributed by atoms with E-state index in [9.17, 15) is 9.59 Å². The van der Waals surface area contributed by atoms with Crippen molar-refractivity contribution in [3.05, 3.63) is 29.3 Å². The van der Waals surface area contributed by atoms with Crippen LogP contribution in [0.2, 0.25) is 0 Å². The van der Waals surface area contributed by atoms with Crippen molar-refractivity contribution in [2.24, 2.45) is 0 Å². The van der Waals surface area contributed by atoms with Crippen molar-refractivity contribution in [1.29, 1.82) is 0 Å². The SMILES string of the molecule is Cc1ccc(C(=O)NC2CC2)cc1NC(=O)N1CC(C)OC(C)C1. The number of morpholine rings is 1. The van der Waals surface area contributed by atoms with Gasteiger partial charge in [-0.05, 0) is 51.3 Å². The number of amides is 3. The molecule has 1 aromatic carbocycles. The Hall–Kier alpha value is -2.08. The first-order valence-electron chi connectivity index (χ1n) is 8.55. The summed E-state index contributed by atoms with van der Waals surface area (Å²) in [6, 6.07) is 5.56. The molecule has 0 aromatic heterocycles. The monoisotopic (exact) mass is 331 g/mol. The first-order valence-corrected chi connectivity index (χ1v) is 8.55. The minimum atomic E-state index is -0.153. The lowest BCUT2D eigenvalue weighted by atomic mass is 10.1. The van der Waals surface area contributed by atoms with Crippen LogP contribution < -0.4 is 10.6 Å². The maximum atomic E-state index is 12.5. The van der Waals surface area contributed by atoms with Gasteiger partial charge in [0.1, 0.15) is 0 Å². The van der Waals surface area contributed by atoms with Gasteiger partial charge in [0.05, 0.1) is 12.2 Å². The molecule has 1 aromatic rings. The molecule has 1 aliphatic carbocycles. The van der Waals surface area contributed by atoms with Crippen LogP contribution in [0, 0.1) is 6.92 Å². The lowest BCUT2D eigenvalue weighted by Crippen LogP contribution is -2.49. The van der Waals surface area contributed by atoms with Gasteiger partial charge in [-0.15, -0.1) is 0 Å². The molecular weight excluding hydrogens is 306 g/mol. The molecule has 0 spiro atoms. The molecule has 6 nitrogen and oxygen atoms in total. The highest BCUT2D eigenvalue weighted by molar-refractivity contribution is 5.97. The van der Waals surface area contributed by atoms with Crippen molar-refractivity contribution < 1.29 is 14.3 Å². The Morgan fingerprint density at radius 3 is 2.46 bits per heavy atom. The van der Waals surface area contributed by atoms with E-state index in [0.717, 1.165) is 18.4 Å². The van der Waals surface area contributed by atoms with Gasteiger partial charge in [-0.25, -0.2) is 4.79 Å². The van der Waals surface area contributed by atoms with E-state index in [2.05, 4.69) is 10.6 Å². The van der Waals surface area contributed by atoms with Crippen LogP contribution in [-0.4, -0.2) is 48.2 Å². The van der Waals surface area contributed by atoms with E-state index in [-0.39, 0.29) is 24.1 Å². The van der Waals surface area contributed by atoms with Gasteiger partial charge in [0, 0.05) is 30.4 Å². The van der Waals surface area contributed by atoms with Crippen LogP contribution in [0.1, 0.15) is 42.6 Å². The molecule has 2 unspecified atom stereocenters. The first-order chi connectivity index (χ1) is 11.4. The van der Waals surface area contributed by atoms with Gasteiger partial charge in [-0.1, -0.05) is 6.07 Å². The van der Waals surface area contributed by atoms with Crippen molar-refractivity contribution in [3.63, 3.8) is 0 Å². The molecule has 2 aliphatic rings. The Bertz CT molecular complexity index is 632. The minimum absolute atomic E-state index is 0.0243. The lowest BCUT2D eigenvalue weighted by Gasteiger charge is -2.35. The normalized spacial score (nSPS) is 23.7. The second-order valence-corrected chi connectivity index (χ2v) is 6.87. The highest BCUT2D eigenvalue weighted by Gasteiger charge is 2.27. The summed E-state index contributed by atoms with van der Waals surface area (Å²) in [5.74, 6) is -0.0818. The summed E-state index contributed by atoms with van der Waals surface area (Å²) >= 11 is 0. The summed E-state index contributed by atoms with van der Waals surface area (Å²) in [4.78, 5) is 26.5. The Morgan fingerprint density at radius 1 is 1.17 bits per heavy atom. The fourth-order valence-electron chi connectivity index (χ4n) is 2.93. The molecule has 3 rings (SSSR count). The summed E-state index contributed by atoms with van der Waals surface area (Å²) < 4.78 is 5.66. The zero-order valence-electron chi connectivity index (χ0n) is 14.5. The topological polar surface area (TPSA) is 70.7 Å². The summed E-state index contributed by atoms with van der Waals surface area (Å²) in [6.07, 6.45) is 2.15. The number of benzene rings is 1. The molecular formula is C18H25N3O3. The van der Waals surface area contributed by atoms with Gasteiger partial charge >= 0.3 is 6.03 Å². The summed E-state index contributed by atoms with van der Waals surface area (Å²) in [5, 5.41) is 5.90. The van der Waals surface area contributed by atoms with Gasteiger partial charge in [0.15, 0.2) is 0 Å². The summed E-state index contributed by atoms with van der Waals surface area (Å²) in [5.41, 5.74) is 2.18. The Labute approximate surface area is 142 Å². The molecule has 1 saturated carbocycles. The standard InChI is InChI=1S/C18H25N3O3/c1-11-4-5-14(17(22)19-15-6-7-15)8-16(11)20-18(23)21-9-12(2)24-13(3)10-21/h4-5,8,12-13,15H,6-7,9-10H2,1-3H3,(H,19,22)(H,20,23). The van der Waals surface area contributed by atoms with Crippen LogP contribution in [0.25, 0.3) is 0 Å². The van der Waals surface area contributed by atoms with Gasteiger partial charge in [0.25, 0.3) is 5.91 Å². The van der Waals surface area contributed by atoms with Gasteiger partial charge in [0.2, 0.25) is 0 Å². The minimum Gasteiger partial charge on any atom is -0.372 e. The van der Waals surface area contributed by atoms with Gasteiger partial charge < -0.3 is 20.3 Å². The number of hydrogen-bond acceptors (Lipinski definition) is 3. The summed E-state index contributed by atoms with van der Waals surface area (Å²) in [6.45, 7) is 6.98. The molecule has 6 heteroatoms. The Balaban J connectivity index is 1.69. The van der Waals surface area contributed by atoms with Crippen molar-refractivity contribution in [3.8, 4) is 0 Å². The number of aryl methyl sites for hydroxylation is 1. The van der Waals surface area contributed by atoms with Crippen LogP contribution in [0.5, 0.6) is 0 Å². The zero-order chi connectivity index (χ0) is 17.3. The number of anilines is 1. The third kappa shape index (κ3) is 4.06. The fraction of sp³-hybridized carbons (Fsp3) is 0.556. The van der Waals surface area contributed by atoms with E-state index in [4.69, 9.17) is 4.74 Å². The molecule has 2 atom stereocenters. The molecule has 1 heterocycles. The zero-order valence-corrected chi connectivity index (χ0v) is 14.5. The maximum Gasteiger partial charge on any atom is 0.322 e. The van der Waals surface area contributed by atoms with Crippen LogP contribution in [0.3, 0.4) is 0 Å². The maximum absolute atomic E-state index is 12.5. The quantitative estimate of drug-likeness (QED) is 0.894. The van der Waals surface area contributed by atoms with E-state index in [0.29, 0.717) is 30.4 Å². The molecule has 24 heavy (non-hydrogen) atoms. The number of nitrogens with one attached hydrogen (secondary N) is 2. The number of rotatable bonds is 3. The molecule has 3 amide bonds. The predicted octanol–water partition coefficient (Wildman–Crippen LogP) is 2.53. The van der Waals surface area contributed by atoms with E-state index < -0.39 is 0 Å². The molecule has 0 bridgehead atoms. The average Bonchev–Trinajstić information content (AvgIpc) is 3.32. The molecule has 1 saturated heterocycles. The highest BCUT2D eigenvalue weighted by Crippen LogP contribution is 2.22. The van der Waals surface area contributed by atoms with E-state index >= 15 is 0 Å². The number of nitrogens with zero attached hydrogens (tertiary/aromatic N) is 1. The number of hydrogen-bond donors (Lipinski definition) is 2. The first kappa shape index (κ1) is 16.8. The van der Waals surface area contributed by atoms with Crippen molar-refractivity contribution >= 4 is 17.6 Å². The lowest BCUT2D eigenvalue weighted by molar-refractivity contribution is -0.0530. The number of carbonyl (C=O) groups is 2. The van der Waals surface area contributed by atoms with Crippen LogP contribution >= 0.6 is 0 Å². The average molecular weight is 331 g/mol. The second kappa shape index (κ2) is 6.81. The summed E-state index contributed by atoms with van der Waals surface area (Å²) in [7, 11) is 0. The predicted molar refractivity (Wildman–Crippen MR) is 92.3 cm³/mol. The third-order valence-corrected chi connectivity index (χ3v) is 4.36. The molecule has 130 valence electrons. The van der Waals surface area contributed by atoms with E-state index in [1.54, 1.807) is 17.0 Å². The molecule has 2 N–H and O–H groups in total. The largest absolute Gasteiger partial charge is 0.372 e.